The molecule has 3 saturated carbocycles. The first kappa shape index (κ1) is 11.5. The second kappa shape index (κ2) is 4.27. The summed E-state index contributed by atoms with van der Waals surface area (Å²) >= 11 is 0. The zero-order valence-electron chi connectivity index (χ0n) is 10.9. The summed E-state index contributed by atoms with van der Waals surface area (Å²) in [5.41, 5.74) is 0.608. The maximum absolute atomic E-state index is 12.0. The molecule has 3 aliphatic rings. The Balaban J connectivity index is 1.40. The summed E-state index contributed by atoms with van der Waals surface area (Å²) in [6.07, 6.45) is 8.06. The van der Waals surface area contributed by atoms with Crippen LogP contribution < -0.4 is 5.32 Å². The summed E-state index contributed by atoms with van der Waals surface area (Å²) in [5, 5.41) is 3.42. The molecule has 0 aromatic heterocycles. The van der Waals surface area contributed by atoms with Crippen LogP contribution in [0.25, 0.3) is 0 Å². The van der Waals surface area contributed by atoms with Crippen LogP contribution in [-0.2, 0) is 4.79 Å². The number of hydrogen-bond acceptors (Lipinski definition) is 2. The molecule has 3 nitrogen and oxygen atoms in total. The minimum absolute atomic E-state index is 0.307. The van der Waals surface area contributed by atoms with Crippen LogP contribution in [0.1, 0.15) is 45.4 Å². The van der Waals surface area contributed by atoms with Gasteiger partial charge in [0.05, 0.1) is 6.54 Å². The molecular weight excluding hydrogens is 212 g/mol. The SMILES string of the molecule is CCN(C(=O)CNCC1(C2CC2)CC1)C1CC1. The number of nitrogens with zero attached hydrogens (tertiary/aromatic N) is 1. The molecule has 3 rings (SSSR count). The van der Waals surface area contributed by atoms with Gasteiger partial charge in [0, 0.05) is 19.1 Å². The highest BCUT2D eigenvalue weighted by molar-refractivity contribution is 5.78. The van der Waals surface area contributed by atoms with Crippen LogP contribution in [0.3, 0.4) is 0 Å². The van der Waals surface area contributed by atoms with Gasteiger partial charge in [-0.2, -0.15) is 0 Å². The third-order valence-corrected chi connectivity index (χ3v) is 4.74. The lowest BCUT2D eigenvalue weighted by atomic mass is 10.0. The maximum atomic E-state index is 12.0. The molecule has 17 heavy (non-hydrogen) atoms. The molecule has 0 aliphatic heterocycles. The van der Waals surface area contributed by atoms with E-state index in [-0.39, 0.29) is 0 Å². The summed E-state index contributed by atoms with van der Waals surface area (Å²) in [4.78, 5) is 14.1. The van der Waals surface area contributed by atoms with E-state index in [4.69, 9.17) is 0 Å². The Kier molecular flexibility index (Phi) is 2.89. The minimum atomic E-state index is 0.307. The van der Waals surface area contributed by atoms with Gasteiger partial charge in [0.15, 0.2) is 0 Å². The van der Waals surface area contributed by atoms with E-state index < -0.39 is 0 Å². The number of nitrogens with one attached hydrogen (secondary N) is 1. The fourth-order valence-corrected chi connectivity index (χ4v) is 3.13. The number of carbonyl (C=O) groups excluding carboxylic acids is 1. The van der Waals surface area contributed by atoms with E-state index in [1.165, 1.54) is 38.5 Å². The third kappa shape index (κ3) is 2.49. The number of amides is 1. The average Bonchev–Trinajstić information content (AvgIpc) is 3.12. The van der Waals surface area contributed by atoms with Gasteiger partial charge >= 0.3 is 0 Å². The molecule has 3 heteroatoms. The highest BCUT2D eigenvalue weighted by Crippen LogP contribution is 2.60. The Morgan fingerprint density at radius 3 is 2.47 bits per heavy atom. The molecule has 0 bridgehead atoms. The highest BCUT2D eigenvalue weighted by Gasteiger charge is 2.53. The fraction of sp³-hybridized carbons (Fsp3) is 0.929. The number of likely N-dealkylation sites (N-methyl/N-ethyl adjacent to an activating group) is 1. The molecule has 0 atom stereocenters. The molecule has 1 N–H and O–H groups in total. The lowest BCUT2D eigenvalue weighted by molar-refractivity contribution is -0.130. The maximum Gasteiger partial charge on any atom is 0.236 e. The Labute approximate surface area is 104 Å². The van der Waals surface area contributed by atoms with Gasteiger partial charge in [0.2, 0.25) is 5.91 Å². The van der Waals surface area contributed by atoms with Crippen LogP contribution >= 0.6 is 0 Å². The second-order valence-electron chi connectivity index (χ2n) is 6.15. The van der Waals surface area contributed by atoms with Gasteiger partial charge in [-0.25, -0.2) is 0 Å². The van der Waals surface area contributed by atoms with Crippen molar-refractivity contribution in [2.45, 2.75) is 51.5 Å². The van der Waals surface area contributed by atoms with Gasteiger partial charge in [0.25, 0.3) is 0 Å². The van der Waals surface area contributed by atoms with Crippen LogP contribution in [-0.4, -0.2) is 36.5 Å². The average molecular weight is 236 g/mol. The quantitative estimate of drug-likeness (QED) is 0.731. The third-order valence-electron chi connectivity index (χ3n) is 4.74. The topological polar surface area (TPSA) is 32.3 Å². The molecule has 0 aromatic rings. The van der Waals surface area contributed by atoms with Crippen molar-refractivity contribution in [3.63, 3.8) is 0 Å². The lowest BCUT2D eigenvalue weighted by Crippen LogP contribution is -2.41. The van der Waals surface area contributed by atoms with E-state index in [1.54, 1.807) is 0 Å². The van der Waals surface area contributed by atoms with Gasteiger partial charge in [-0.1, -0.05) is 0 Å². The molecule has 0 heterocycles. The summed E-state index contributed by atoms with van der Waals surface area (Å²) in [5.74, 6) is 1.29. The van der Waals surface area contributed by atoms with E-state index in [0.717, 1.165) is 19.0 Å². The molecule has 0 radical (unpaired) electrons. The monoisotopic (exact) mass is 236 g/mol. The number of carbonyl (C=O) groups is 1. The van der Waals surface area contributed by atoms with E-state index in [9.17, 15) is 4.79 Å². The van der Waals surface area contributed by atoms with Crippen molar-refractivity contribution in [3.05, 3.63) is 0 Å². The zero-order valence-corrected chi connectivity index (χ0v) is 10.9. The van der Waals surface area contributed by atoms with E-state index in [0.29, 0.717) is 23.9 Å². The molecule has 0 spiro atoms. The Morgan fingerprint density at radius 1 is 1.29 bits per heavy atom. The van der Waals surface area contributed by atoms with Crippen LogP contribution in [0.4, 0.5) is 0 Å². The summed E-state index contributed by atoms with van der Waals surface area (Å²) < 4.78 is 0. The normalized spacial score (nSPS) is 25.7. The van der Waals surface area contributed by atoms with Gasteiger partial charge < -0.3 is 10.2 Å². The van der Waals surface area contributed by atoms with E-state index >= 15 is 0 Å². The van der Waals surface area contributed by atoms with E-state index in [2.05, 4.69) is 12.2 Å². The van der Waals surface area contributed by atoms with Crippen LogP contribution in [0.5, 0.6) is 0 Å². The van der Waals surface area contributed by atoms with Gasteiger partial charge in [-0.05, 0) is 56.8 Å². The van der Waals surface area contributed by atoms with Gasteiger partial charge in [0.1, 0.15) is 0 Å². The fourth-order valence-electron chi connectivity index (χ4n) is 3.13. The van der Waals surface area contributed by atoms with Crippen molar-refractivity contribution in [2.24, 2.45) is 11.3 Å². The standard InChI is InChI=1S/C14H24N2O/c1-2-16(12-5-6-12)13(17)9-15-10-14(7-8-14)11-3-4-11/h11-12,15H,2-10H2,1H3. The van der Waals surface area contributed by atoms with E-state index in [1.807, 2.05) is 4.90 Å². The van der Waals surface area contributed by atoms with Gasteiger partial charge in [-0.15, -0.1) is 0 Å². The van der Waals surface area contributed by atoms with Crippen molar-refractivity contribution in [3.8, 4) is 0 Å². The second-order valence-corrected chi connectivity index (χ2v) is 6.15. The molecule has 96 valence electrons. The van der Waals surface area contributed by atoms with Crippen molar-refractivity contribution in [1.29, 1.82) is 0 Å². The predicted molar refractivity (Wildman–Crippen MR) is 67.7 cm³/mol. The van der Waals surface area contributed by atoms with Crippen molar-refractivity contribution in [1.82, 2.24) is 10.2 Å². The first-order chi connectivity index (χ1) is 8.25. The molecule has 0 aromatic carbocycles. The summed E-state index contributed by atoms with van der Waals surface area (Å²) in [7, 11) is 0. The Morgan fingerprint density at radius 2 is 2.00 bits per heavy atom. The molecule has 0 saturated heterocycles. The van der Waals surface area contributed by atoms with Gasteiger partial charge in [-0.3, -0.25) is 4.79 Å². The van der Waals surface area contributed by atoms with Crippen molar-refractivity contribution < 1.29 is 4.79 Å². The summed E-state index contributed by atoms with van der Waals surface area (Å²) in [6, 6.07) is 0.563. The number of hydrogen-bond donors (Lipinski definition) is 1. The summed E-state index contributed by atoms with van der Waals surface area (Å²) in [6.45, 7) is 4.59. The Bertz CT molecular complexity index is 303. The van der Waals surface area contributed by atoms with Crippen LogP contribution in [0.2, 0.25) is 0 Å². The number of rotatable bonds is 7. The van der Waals surface area contributed by atoms with Crippen LogP contribution in [0.15, 0.2) is 0 Å². The Hall–Kier alpha value is -0.570. The molecule has 3 aliphatic carbocycles. The van der Waals surface area contributed by atoms with Crippen LogP contribution in [0, 0.1) is 11.3 Å². The highest BCUT2D eigenvalue weighted by atomic mass is 16.2. The lowest BCUT2D eigenvalue weighted by Gasteiger charge is -2.21. The first-order valence-corrected chi connectivity index (χ1v) is 7.25. The smallest absolute Gasteiger partial charge is 0.236 e. The minimum Gasteiger partial charge on any atom is -0.339 e. The molecule has 1 amide bonds. The molecular formula is C14H24N2O. The van der Waals surface area contributed by atoms with Crippen molar-refractivity contribution in [2.75, 3.05) is 19.6 Å². The first-order valence-electron chi connectivity index (χ1n) is 7.25. The molecule has 0 unspecified atom stereocenters. The predicted octanol–water partition coefficient (Wildman–Crippen LogP) is 1.78. The zero-order chi connectivity index (χ0) is 11.9. The molecule has 3 fully saturated rings. The van der Waals surface area contributed by atoms with Crippen molar-refractivity contribution >= 4 is 5.91 Å². The largest absolute Gasteiger partial charge is 0.339 e.